The van der Waals surface area contributed by atoms with Crippen LogP contribution in [-0.2, 0) is 0 Å². The lowest BCUT2D eigenvalue weighted by molar-refractivity contribution is 0.519. The summed E-state index contributed by atoms with van der Waals surface area (Å²) in [5.74, 6) is -1.61. The molecule has 2 aromatic rings. The standard InChI is InChI=1S/C9H4F2O2/c10-5-1-2-8-6(3-5)9(12)7(11)4-13-8/h1-4H. The predicted octanol–water partition coefficient (Wildman–Crippen LogP) is 2.07. The first-order valence-corrected chi connectivity index (χ1v) is 3.55. The molecule has 0 aliphatic heterocycles. The van der Waals surface area contributed by atoms with E-state index in [0.717, 1.165) is 12.1 Å². The number of fused-ring (bicyclic) bond motifs is 1. The van der Waals surface area contributed by atoms with Crippen LogP contribution in [0.2, 0.25) is 0 Å². The molecule has 0 saturated carbocycles. The van der Waals surface area contributed by atoms with Gasteiger partial charge in [0.15, 0.2) is 0 Å². The van der Waals surface area contributed by atoms with Crippen molar-refractivity contribution in [3.63, 3.8) is 0 Å². The van der Waals surface area contributed by atoms with Crippen molar-refractivity contribution in [3.8, 4) is 0 Å². The maximum absolute atomic E-state index is 12.7. The molecule has 4 heteroatoms. The average Bonchev–Trinajstić information content (AvgIpc) is 2.12. The molecule has 66 valence electrons. The molecule has 0 radical (unpaired) electrons. The zero-order valence-corrected chi connectivity index (χ0v) is 6.38. The molecule has 0 saturated heterocycles. The van der Waals surface area contributed by atoms with Crippen LogP contribution in [0.1, 0.15) is 0 Å². The van der Waals surface area contributed by atoms with Crippen LogP contribution in [0.25, 0.3) is 11.0 Å². The van der Waals surface area contributed by atoms with E-state index in [9.17, 15) is 13.6 Å². The van der Waals surface area contributed by atoms with Gasteiger partial charge in [-0.05, 0) is 18.2 Å². The van der Waals surface area contributed by atoms with Crippen LogP contribution in [0.4, 0.5) is 8.78 Å². The lowest BCUT2D eigenvalue weighted by atomic mass is 10.2. The monoisotopic (exact) mass is 182 g/mol. The number of halogens is 2. The first-order valence-electron chi connectivity index (χ1n) is 3.55. The predicted molar refractivity (Wildman–Crippen MR) is 42.4 cm³/mol. The van der Waals surface area contributed by atoms with Crippen molar-refractivity contribution in [2.24, 2.45) is 0 Å². The summed E-state index contributed by atoms with van der Waals surface area (Å²) in [6, 6.07) is 3.37. The fourth-order valence-corrected chi connectivity index (χ4v) is 1.08. The summed E-state index contributed by atoms with van der Waals surface area (Å²) >= 11 is 0. The Balaban J connectivity index is 2.97. The molecule has 1 aromatic carbocycles. The van der Waals surface area contributed by atoms with E-state index in [1.54, 1.807) is 0 Å². The van der Waals surface area contributed by atoms with Crippen LogP contribution in [0, 0.1) is 11.6 Å². The van der Waals surface area contributed by atoms with Gasteiger partial charge in [-0.3, -0.25) is 4.79 Å². The summed E-state index contributed by atoms with van der Waals surface area (Å²) in [6.45, 7) is 0. The molecule has 2 rings (SSSR count). The highest BCUT2D eigenvalue weighted by molar-refractivity contribution is 5.75. The van der Waals surface area contributed by atoms with Gasteiger partial charge >= 0.3 is 0 Å². The maximum Gasteiger partial charge on any atom is 0.228 e. The summed E-state index contributed by atoms with van der Waals surface area (Å²) in [6.07, 6.45) is 0.711. The van der Waals surface area contributed by atoms with Crippen molar-refractivity contribution in [1.29, 1.82) is 0 Å². The summed E-state index contributed by atoms with van der Waals surface area (Å²) in [7, 11) is 0. The molecule has 0 unspecified atom stereocenters. The minimum Gasteiger partial charge on any atom is -0.461 e. The van der Waals surface area contributed by atoms with Crippen LogP contribution < -0.4 is 5.43 Å². The van der Waals surface area contributed by atoms with Crippen LogP contribution >= 0.6 is 0 Å². The molecule has 0 bridgehead atoms. The van der Waals surface area contributed by atoms with Crippen LogP contribution in [0.5, 0.6) is 0 Å². The van der Waals surface area contributed by atoms with Gasteiger partial charge in [-0.2, -0.15) is 4.39 Å². The largest absolute Gasteiger partial charge is 0.461 e. The molecule has 0 N–H and O–H groups in total. The third kappa shape index (κ3) is 1.20. The van der Waals surface area contributed by atoms with Gasteiger partial charge < -0.3 is 4.42 Å². The van der Waals surface area contributed by atoms with Gasteiger partial charge in [-0.25, -0.2) is 4.39 Å². The topological polar surface area (TPSA) is 30.2 Å². The summed E-state index contributed by atoms with van der Waals surface area (Å²) in [5.41, 5.74) is -0.673. The normalized spacial score (nSPS) is 10.6. The van der Waals surface area contributed by atoms with E-state index in [0.29, 0.717) is 6.26 Å². The van der Waals surface area contributed by atoms with Gasteiger partial charge in [0, 0.05) is 0 Å². The Morgan fingerprint density at radius 3 is 2.77 bits per heavy atom. The molecule has 2 nitrogen and oxygen atoms in total. The summed E-state index contributed by atoms with van der Waals surface area (Å²) in [4.78, 5) is 11.1. The molecule has 0 aliphatic carbocycles. The van der Waals surface area contributed by atoms with E-state index in [2.05, 4.69) is 0 Å². The molecule has 0 atom stereocenters. The summed E-state index contributed by atoms with van der Waals surface area (Å²) in [5, 5.41) is -0.0833. The van der Waals surface area contributed by atoms with E-state index >= 15 is 0 Å². The Kier molecular flexibility index (Phi) is 1.62. The molecule has 0 spiro atoms. The second kappa shape index (κ2) is 2.65. The Bertz CT molecular complexity index is 511. The van der Waals surface area contributed by atoms with E-state index in [4.69, 9.17) is 4.42 Å². The van der Waals surface area contributed by atoms with E-state index < -0.39 is 17.1 Å². The smallest absolute Gasteiger partial charge is 0.228 e. The van der Waals surface area contributed by atoms with Crippen molar-refractivity contribution in [2.75, 3.05) is 0 Å². The first kappa shape index (κ1) is 7.91. The lowest BCUT2D eigenvalue weighted by Gasteiger charge is -1.95. The fourth-order valence-electron chi connectivity index (χ4n) is 1.08. The van der Waals surface area contributed by atoms with Crippen LogP contribution in [-0.4, -0.2) is 0 Å². The van der Waals surface area contributed by atoms with E-state index in [-0.39, 0.29) is 11.0 Å². The number of hydrogen-bond acceptors (Lipinski definition) is 2. The highest BCUT2D eigenvalue weighted by Gasteiger charge is 2.06. The van der Waals surface area contributed by atoms with Crippen molar-refractivity contribution < 1.29 is 13.2 Å². The Morgan fingerprint density at radius 2 is 2.00 bits per heavy atom. The third-order valence-electron chi connectivity index (χ3n) is 1.69. The number of benzene rings is 1. The minimum atomic E-state index is -1.02. The average molecular weight is 182 g/mol. The molecule has 13 heavy (non-hydrogen) atoms. The lowest BCUT2D eigenvalue weighted by Crippen LogP contribution is -2.05. The third-order valence-corrected chi connectivity index (χ3v) is 1.69. The molecule has 0 fully saturated rings. The Morgan fingerprint density at radius 1 is 1.23 bits per heavy atom. The SMILES string of the molecule is O=c1c(F)coc2ccc(F)cc12. The van der Waals surface area contributed by atoms with E-state index in [1.807, 2.05) is 0 Å². The first-order chi connectivity index (χ1) is 6.18. The zero-order chi connectivity index (χ0) is 9.42. The quantitative estimate of drug-likeness (QED) is 0.624. The molecule has 0 aliphatic rings. The van der Waals surface area contributed by atoms with Gasteiger partial charge in [0.2, 0.25) is 11.2 Å². The maximum atomic E-state index is 12.7. The number of rotatable bonds is 0. The van der Waals surface area contributed by atoms with Gasteiger partial charge in [0.05, 0.1) is 5.39 Å². The van der Waals surface area contributed by atoms with Gasteiger partial charge in [-0.15, -0.1) is 0 Å². The highest BCUT2D eigenvalue weighted by Crippen LogP contribution is 2.11. The highest BCUT2D eigenvalue weighted by atomic mass is 19.1. The molecule has 0 amide bonds. The van der Waals surface area contributed by atoms with Gasteiger partial charge in [-0.1, -0.05) is 0 Å². The minimum absolute atomic E-state index is 0.0833. The van der Waals surface area contributed by atoms with Crippen LogP contribution in [0.3, 0.4) is 0 Å². The molecular weight excluding hydrogens is 178 g/mol. The molecular formula is C9H4F2O2. The Labute approximate surface area is 71.4 Å². The Hall–Kier alpha value is -1.71. The van der Waals surface area contributed by atoms with Gasteiger partial charge in [0.1, 0.15) is 17.7 Å². The summed E-state index contributed by atoms with van der Waals surface area (Å²) < 4.78 is 30.0. The fraction of sp³-hybridized carbons (Fsp3) is 0. The molecule has 1 heterocycles. The van der Waals surface area contributed by atoms with Crippen LogP contribution in [0.15, 0.2) is 33.7 Å². The second-order valence-electron chi connectivity index (χ2n) is 2.55. The second-order valence-corrected chi connectivity index (χ2v) is 2.55. The molecule has 1 aromatic heterocycles. The van der Waals surface area contributed by atoms with Crippen molar-refractivity contribution in [2.45, 2.75) is 0 Å². The van der Waals surface area contributed by atoms with Crippen molar-refractivity contribution in [1.82, 2.24) is 0 Å². The van der Waals surface area contributed by atoms with Crippen molar-refractivity contribution >= 4 is 11.0 Å². The zero-order valence-electron chi connectivity index (χ0n) is 6.38. The van der Waals surface area contributed by atoms with Gasteiger partial charge in [0.25, 0.3) is 0 Å². The van der Waals surface area contributed by atoms with Crippen molar-refractivity contribution in [3.05, 3.63) is 46.3 Å². The number of hydrogen-bond donors (Lipinski definition) is 0. The van der Waals surface area contributed by atoms with E-state index in [1.165, 1.54) is 6.07 Å².